The molecule has 33 heavy (non-hydrogen) atoms. The summed E-state index contributed by atoms with van der Waals surface area (Å²) in [7, 11) is 0. The summed E-state index contributed by atoms with van der Waals surface area (Å²) >= 11 is 0. The second-order valence-corrected chi connectivity index (χ2v) is 9.53. The highest BCUT2D eigenvalue weighted by molar-refractivity contribution is 5.94. The smallest absolute Gasteiger partial charge is 0.162 e. The van der Waals surface area contributed by atoms with Gasteiger partial charge in [-0.05, 0) is 62.1 Å². The van der Waals surface area contributed by atoms with Crippen molar-refractivity contribution in [3.05, 3.63) is 36.3 Å². The van der Waals surface area contributed by atoms with Crippen LogP contribution in [0.2, 0.25) is 0 Å². The van der Waals surface area contributed by atoms with Crippen LogP contribution in [0.1, 0.15) is 50.0 Å². The molecule has 8 heteroatoms. The molecule has 2 aliphatic carbocycles. The van der Waals surface area contributed by atoms with Crippen molar-refractivity contribution in [2.45, 2.75) is 56.7 Å². The minimum absolute atomic E-state index is 0.263. The van der Waals surface area contributed by atoms with E-state index >= 15 is 0 Å². The number of rotatable bonds is 5. The summed E-state index contributed by atoms with van der Waals surface area (Å²) < 4.78 is 13.5. The Kier molecular flexibility index (Phi) is 5.54. The quantitative estimate of drug-likeness (QED) is 0.610. The Morgan fingerprint density at radius 3 is 2.61 bits per heavy atom. The molecule has 0 amide bonds. The Morgan fingerprint density at radius 2 is 1.82 bits per heavy atom. The summed E-state index contributed by atoms with van der Waals surface area (Å²) in [5, 5.41) is 8.10. The second kappa shape index (κ2) is 8.82. The van der Waals surface area contributed by atoms with Crippen molar-refractivity contribution >= 4 is 22.5 Å². The van der Waals surface area contributed by atoms with Crippen LogP contribution in [0.15, 0.2) is 30.7 Å². The van der Waals surface area contributed by atoms with E-state index in [1.54, 1.807) is 6.20 Å². The molecule has 4 heterocycles. The highest BCUT2D eigenvalue weighted by atomic mass is 19.1. The van der Waals surface area contributed by atoms with Gasteiger partial charge < -0.3 is 15.5 Å². The highest BCUT2D eigenvalue weighted by Gasteiger charge is 2.29. The Hall–Kier alpha value is -2.87. The molecule has 1 saturated heterocycles. The average molecular weight is 448 g/mol. The van der Waals surface area contributed by atoms with Gasteiger partial charge in [0.25, 0.3) is 0 Å². The van der Waals surface area contributed by atoms with E-state index in [9.17, 15) is 4.39 Å². The van der Waals surface area contributed by atoms with Crippen LogP contribution in [0, 0.1) is 0 Å². The molecule has 0 atom stereocenters. The zero-order valence-corrected chi connectivity index (χ0v) is 18.8. The summed E-state index contributed by atoms with van der Waals surface area (Å²) in [5.74, 6) is 3.10. The number of nitrogens with zero attached hydrogens (tertiary/aromatic N) is 5. The second-order valence-electron chi connectivity index (χ2n) is 9.53. The Bertz CT molecular complexity index is 1130. The van der Waals surface area contributed by atoms with Crippen molar-refractivity contribution in [1.82, 2.24) is 25.3 Å². The lowest BCUT2D eigenvalue weighted by Crippen LogP contribution is -2.44. The number of piperazine rings is 1. The van der Waals surface area contributed by atoms with Gasteiger partial charge in [-0.1, -0.05) is 0 Å². The maximum atomic E-state index is 13.5. The fourth-order valence-corrected chi connectivity index (χ4v) is 5.08. The topological polar surface area (TPSA) is 78.9 Å². The Labute approximate surface area is 193 Å². The van der Waals surface area contributed by atoms with Gasteiger partial charge in [0.05, 0.1) is 11.7 Å². The third-order valence-electron chi connectivity index (χ3n) is 7.08. The van der Waals surface area contributed by atoms with Crippen LogP contribution >= 0.6 is 0 Å². The van der Waals surface area contributed by atoms with Gasteiger partial charge in [0.15, 0.2) is 5.82 Å². The van der Waals surface area contributed by atoms with E-state index in [1.165, 1.54) is 18.4 Å². The molecule has 0 radical (unpaired) electrons. The predicted octanol–water partition coefficient (Wildman–Crippen LogP) is 4.07. The first-order valence-electron chi connectivity index (χ1n) is 12.2. The first-order valence-corrected chi connectivity index (χ1v) is 12.2. The fourth-order valence-electron chi connectivity index (χ4n) is 5.08. The molecule has 0 unspecified atom stereocenters. The zero-order valence-electron chi connectivity index (χ0n) is 18.8. The maximum absolute atomic E-state index is 13.5. The summed E-state index contributed by atoms with van der Waals surface area (Å²) in [6, 6.07) is 4.24. The Balaban J connectivity index is 1.38. The third-order valence-corrected chi connectivity index (χ3v) is 7.08. The molecular weight excluding hydrogens is 417 g/mol. The van der Waals surface area contributed by atoms with E-state index in [2.05, 4.69) is 25.5 Å². The number of hydrogen-bond acceptors (Lipinski definition) is 7. The number of pyridine rings is 2. The number of halogens is 1. The van der Waals surface area contributed by atoms with Crippen LogP contribution in [0.5, 0.6) is 0 Å². The molecular formula is C25H30FN7. The molecule has 0 bridgehead atoms. The van der Waals surface area contributed by atoms with Gasteiger partial charge >= 0.3 is 0 Å². The van der Waals surface area contributed by atoms with Gasteiger partial charge in [0.1, 0.15) is 17.8 Å². The van der Waals surface area contributed by atoms with Crippen molar-refractivity contribution in [2.75, 3.05) is 36.4 Å². The van der Waals surface area contributed by atoms with Crippen LogP contribution < -0.4 is 15.5 Å². The van der Waals surface area contributed by atoms with Gasteiger partial charge in [-0.3, -0.25) is 4.98 Å². The first kappa shape index (κ1) is 20.7. The minimum Gasteiger partial charge on any atom is -0.367 e. The SMILES string of the molecule is FC1CCC(Nc2cc(-c3nc(N4CCNCC4)c4c(C5CC5)cncc4n3)ccn2)CC1. The molecule has 0 aromatic carbocycles. The van der Waals surface area contributed by atoms with Crippen molar-refractivity contribution in [2.24, 2.45) is 0 Å². The van der Waals surface area contributed by atoms with Crippen molar-refractivity contribution in [1.29, 1.82) is 0 Å². The van der Waals surface area contributed by atoms with Crippen LogP contribution in [0.25, 0.3) is 22.3 Å². The van der Waals surface area contributed by atoms with Gasteiger partial charge in [0, 0.05) is 55.6 Å². The van der Waals surface area contributed by atoms with Crippen LogP contribution in [0.3, 0.4) is 0 Å². The third kappa shape index (κ3) is 4.36. The van der Waals surface area contributed by atoms with E-state index in [4.69, 9.17) is 9.97 Å². The van der Waals surface area contributed by atoms with Gasteiger partial charge in [-0.2, -0.15) is 0 Å². The molecule has 3 aromatic rings. The largest absolute Gasteiger partial charge is 0.367 e. The van der Waals surface area contributed by atoms with E-state index in [0.717, 1.165) is 67.1 Å². The van der Waals surface area contributed by atoms with Gasteiger partial charge in [0.2, 0.25) is 0 Å². The van der Waals surface area contributed by atoms with Crippen LogP contribution in [0.4, 0.5) is 16.0 Å². The molecule has 7 nitrogen and oxygen atoms in total. The highest BCUT2D eigenvalue weighted by Crippen LogP contribution is 2.44. The molecule has 3 aromatic heterocycles. The lowest BCUT2D eigenvalue weighted by atomic mass is 9.94. The number of alkyl halides is 1. The normalized spacial score (nSPS) is 23.6. The first-order chi connectivity index (χ1) is 16.2. The summed E-state index contributed by atoms with van der Waals surface area (Å²) in [4.78, 5) is 21.5. The van der Waals surface area contributed by atoms with Gasteiger partial charge in [-0.25, -0.2) is 19.3 Å². The van der Waals surface area contributed by atoms with Gasteiger partial charge in [-0.15, -0.1) is 0 Å². The van der Waals surface area contributed by atoms with E-state index < -0.39 is 6.17 Å². The lowest BCUT2D eigenvalue weighted by molar-refractivity contribution is 0.241. The lowest BCUT2D eigenvalue weighted by Gasteiger charge is -2.30. The molecule has 172 valence electrons. The molecule has 1 aliphatic heterocycles. The predicted molar refractivity (Wildman–Crippen MR) is 128 cm³/mol. The number of anilines is 2. The van der Waals surface area contributed by atoms with E-state index in [1.807, 2.05) is 24.5 Å². The number of hydrogen-bond donors (Lipinski definition) is 2. The maximum Gasteiger partial charge on any atom is 0.162 e. The summed E-state index contributed by atoms with van der Waals surface area (Å²) in [5.41, 5.74) is 3.13. The molecule has 0 spiro atoms. The Morgan fingerprint density at radius 1 is 1.00 bits per heavy atom. The number of nitrogens with one attached hydrogen (secondary N) is 2. The summed E-state index contributed by atoms with van der Waals surface area (Å²) in [6.45, 7) is 3.76. The standard InChI is InChI=1S/C25H30FN7/c26-18-3-5-19(6-4-18)30-22-13-17(7-8-29-22)24-31-21-15-28-14-20(16-1-2-16)23(21)25(32-24)33-11-9-27-10-12-33/h7-8,13-16,18-19,27H,1-6,9-12H2,(H,29,30). The fraction of sp³-hybridized carbons (Fsp3) is 0.520. The van der Waals surface area contributed by atoms with Crippen molar-refractivity contribution < 1.29 is 4.39 Å². The molecule has 3 aliphatic rings. The monoisotopic (exact) mass is 447 g/mol. The van der Waals surface area contributed by atoms with E-state index in [-0.39, 0.29) is 6.04 Å². The molecule has 2 saturated carbocycles. The van der Waals surface area contributed by atoms with Crippen molar-refractivity contribution in [3.63, 3.8) is 0 Å². The molecule has 3 fully saturated rings. The van der Waals surface area contributed by atoms with Crippen LogP contribution in [-0.2, 0) is 0 Å². The molecule has 6 rings (SSSR count). The zero-order chi connectivity index (χ0) is 22.2. The minimum atomic E-state index is -0.661. The average Bonchev–Trinajstić information content (AvgIpc) is 3.71. The van der Waals surface area contributed by atoms with Crippen LogP contribution in [-0.4, -0.2) is 58.3 Å². The number of fused-ring (bicyclic) bond motifs is 1. The summed E-state index contributed by atoms with van der Waals surface area (Å²) in [6.07, 6.45) is 10.4. The van der Waals surface area contributed by atoms with E-state index in [0.29, 0.717) is 24.6 Å². The molecule has 2 N–H and O–H groups in total. The van der Waals surface area contributed by atoms with Crippen molar-refractivity contribution in [3.8, 4) is 11.4 Å². The number of aromatic nitrogens is 4.